The molecule has 0 bridgehead atoms. The summed E-state index contributed by atoms with van der Waals surface area (Å²) in [7, 11) is 0. The number of aliphatic carboxylic acids is 1. The average molecular weight is 248 g/mol. The van der Waals surface area contributed by atoms with Crippen molar-refractivity contribution in [2.45, 2.75) is 19.4 Å². The van der Waals surface area contributed by atoms with Crippen molar-refractivity contribution in [2.75, 3.05) is 18.0 Å². The van der Waals surface area contributed by atoms with E-state index in [0.29, 0.717) is 5.56 Å². The van der Waals surface area contributed by atoms with Crippen LogP contribution in [0.5, 0.6) is 0 Å². The quantitative estimate of drug-likeness (QED) is 0.755. The fraction of sp³-hybridized carbons (Fsp3) is 0.357. The van der Waals surface area contributed by atoms with E-state index in [1.54, 1.807) is 12.1 Å². The van der Waals surface area contributed by atoms with Crippen LogP contribution in [0.1, 0.15) is 19.4 Å². The van der Waals surface area contributed by atoms with E-state index in [1.807, 2.05) is 18.2 Å². The molecule has 0 aromatic heterocycles. The number of carbonyl (C=O) groups is 1. The zero-order valence-electron chi connectivity index (χ0n) is 10.9. The molecule has 0 aliphatic rings. The van der Waals surface area contributed by atoms with Crippen LogP contribution in [0, 0.1) is 0 Å². The van der Waals surface area contributed by atoms with Gasteiger partial charge in [0.05, 0.1) is 0 Å². The first-order chi connectivity index (χ1) is 8.43. The van der Waals surface area contributed by atoms with E-state index in [4.69, 9.17) is 10.8 Å². The van der Waals surface area contributed by atoms with E-state index in [9.17, 15) is 4.79 Å². The van der Waals surface area contributed by atoms with Gasteiger partial charge in [0.25, 0.3) is 0 Å². The van der Waals surface area contributed by atoms with Gasteiger partial charge in [0, 0.05) is 18.8 Å². The van der Waals surface area contributed by atoms with Crippen LogP contribution in [0.4, 0.5) is 5.69 Å². The molecule has 0 saturated heterocycles. The van der Waals surface area contributed by atoms with Gasteiger partial charge < -0.3 is 15.7 Å². The third kappa shape index (κ3) is 2.90. The summed E-state index contributed by atoms with van der Waals surface area (Å²) in [5.74, 6) is -1.03. The Morgan fingerprint density at radius 2 is 2.06 bits per heavy atom. The third-order valence-corrected chi connectivity index (χ3v) is 3.01. The molecule has 0 fully saturated rings. The summed E-state index contributed by atoms with van der Waals surface area (Å²) in [6, 6.07) is 7.29. The highest BCUT2D eigenvalue weighted by atomic mass is 16.4. The number of anilines is 1. The van der Waals surface area contributed by atoms with Gasteiger partial charge in [0.15, 0.2) is 0 Å². The summed E-state index contributed by atoms with van der Waals surface area (Å²) in [5.41, 5.74) is 6.04. The summed E-state index contributed by atoms with van der Waals surface area (Å²) in [4.78, 5) is 13.2. The number of nitrogens with zero attached hydrogens (tertiary/aromatic N) is 1. The smallest absolute Gasteiger partial charge is 0.328 e. The molecule has 0 aliphatic heterocycles. The molecular weight excluding hydrogens is 228 g/mol. The molecular formula is C14H20N2O2. The van der Waals surface area contributed by atoms with Gasteiger partial charge >= 0.3 is 5.97 Å². The van der Waals surface area contributed by atoms with Crippen LogP contribution in [0.3, 0.4) is 0 Å². The molecule has 0 spiro atoms. The lowest BCUT2D eigenvalue weighted by Gasteiger charge is -2.24. The molecule has 98 valence electrons. The van der Waals surface area contributed by atoms with Crippen LogP contribution in [0.15, 0.2) is 36.9 Å². The predicted octanol–water partition coefficient (Wildman–Crippen LogP) is 1.96. The summed E-state index contributed by atoms with van der Waals surface area (Å²) < 4.78 is 0. The Bertz CT molecular complexity index is 424. The lowest BCUT2D eigenvalue weighted by molar-refractivity contribution is -0.143. The molecule has 0 radical (unpaired) electrons. The Morgan fingerprint density at radius 1 is 1.50 bits per heavy atom. The highest BCUT2D eigenvalue weighted by Gasteiger charge is 2.29. The predicted molar refractivity (Wildman–Crippen MR) is 73.7 cm³/mol. The number of hydrogen-bond acceptors (Lipinski definition) is 3. The fourth-order valence-corrected chi connectivity index (χ4v) is 1.71. The molecule has 1 atom stereocenters. The van der Waals surface area contributed by atoms with Crippen molar-refractivity contribution >= 4 is 11.7 Å². The van der Waals surface area contributed by atoms with Crippen molar-refractivity contribution in [2.24, 2.45) is 5.73 Å². The van der Waals surface area contributed by atoms with Crippen molar-refractivity contribution in [3.8, 4) is 0 Å². The number of benzene rings is 1. The Balaban J connectivity index is 2.98. The molecule has 18 heavy (non-hydrogen) atoms. The molecule has 0 heterocycles. The fourth-order valence-electron chi connectivity index (χ4n) is 1.71. The zero-order chi connectivity index (χ0) is 13.8. The van der Waals surface area contributed by atoms with Crippen molar-refractivity contribution < 1.29 is 9.90 Å². The first-order valence-electron chi connectivity index (χ1n) is 5.92. The van der Waals surface area contributed by atoms with Crippen LogP contribution >= 0.6 is 0 Å². The maximum atomic E-state index is 11.1. The van der Waals surface area contributed by atoms with E-state index in [1.165, 1.54) is 6.92 Å². The standard InChI is InChI=1S/C14H20N2O2/c1-4-10-16(5-2)12-8-6-11(7-9-12)14(3,15)13(17)18/h4,6-9H,1,5,10,15H2,2-3H3,(H,17,18). The van der Waals surface area contributed by atoms with Crippen LogP contribution in [-0.2, 0) is 10.3 Å². The summed E-state index contributed by atoms with van der Waals surface area (Å²) >= 11 is 0. The van der Waals surface area contributed by atoms with E-state index in [-0.39, 0.29) is 0 Å². The van der Waals surface area contributed by atoms with Gasteiger partial charge in [-0.2, -0.15) is 0 Å². The van der Waals surface area contributed by atoms with Gasteiger partial charge in [-0.15, -0.1) is 6.58 Å². The molecule has 3 N–H and O–H groups in total. The number of carboxylic acids is 1. The van der Waals surface area contributed by atoms with E-state index >= 15 is 0 Å². The molecule has 0 amide bonds. The van der Waals surface area contributed by atoms with Crippen LogP contribution in [-0.4, -0.2) is 24.2 Å². The van der Waals surface area contributed by atoms with Gasteiger partial charge in [-0.1, -0.05) is 18.2 Å². The van der Waals surface area contributed by atoms with Gasteiger partial charge in [-0.3, -0.25) is 0 Å². The number of carboxylic acid groups (broad SMARTS) is 1. The molecule has 4 heteroatoms. The Labute approximate surface area is 108 Å². The lowest BCUT2D eigenvalue weighted by atomic mass is 9.93. The maximum absolute atomic E-state index is 11.1. The second kappa shape index (κ2) is 5.69. The SMILES string of the molecule is C=CCN(CC)c1ccc(C(C)(N)C(=O)O)cc1. The largest absolute Gasteiger partial charge is 0.480 e. The number of hydrogen-bond donors (Lipinski definition) is 2. The number of rotatable bonds is 6. The van der Waals surface area contributed by atoms with E-state index in [2.05, 4.69) is 18.4 Å². The maximum Gasteiger partial charge on any atom is 0.328 e. The lowest BCUT2D eigenvalue weighted by Crippen LogP contribution is -2.41. The minimum Gasteiger partial charge on any atom is -0.480 e. The molecule has 0 saturated carbocycles. The minimum absolute atomic E-state index is 0.591. The number of nitrogens with two attached hydrogens (primary N) is 1. The Kier molecular flexibility index (Phi) is 4.50. The second-order valence-corrected chi connectivity index (χ2v) is 4.38. The van der Waals surface area contributed by atoms with Gasteiger partial charge in [-0.05, 0) is 31.5 Å². The van der Waals surface area contributed by atoms with Crippen LogP contribution in [0.25, 0.3) is 0 Å². The summed E-state index contributed by atoms with van der Waals surface area (Å²) in [6.45, 7) is 8.89. The third-order valence-electron chi connectivity index (χ3n) is 3.01. The van der Waals surface area contributed by atoms with Crippen molar-refractivity contribution in [1.82, 2.24) is 0 Å². The van der Waals surface area contributed by atoms with E-state index in [0.717, 1.165) is 18.8 Å². The van der Waals surface area contributed by atoms with Crippen molar-refractivity contribution in [3.63, 3.8) is 0 Å². The highest BCUT2D eigenvalue weighted by molar-refractivity contribution is 5.80. The monoisotopic (exact) mass is 248 g/mol. The molecule has 0 aliphatic carbocycles. The van der Waals surface area contributed by atoms with Gasteiger partial charge in [0.1, 0.15) is 5.54 Å². The average Bonchev–Trinajstić information content (AvgIpc) is 2.36. The van der Waals surface area contributed by atoms with Crippen molar-refractivity contribution in [3.05, 3.63) is 42.5 Å². The van der Waals surface area contributed by atoms with Crippen LogP contribution < -0.4 is 10.6 Å². The first kappa shape index (κ1) is 14.3. The number of likely N-dealkylation sites (N-methyl/N-ethyl adjacent to an activating group) is 1. The second-order valence-electron chi connectivity index (χ2n) is 4.38. The molecule has 4 nitrogen and oxygen atoms in total. The Hall–Kier alpha value is -1.81. The molecule has 1 unspecified atom stereocenters. The summed E-state index contributed by atoms with van der Waals surface area (Å²) in [6.07, 6.45) is 1.84. The minimum atomic E-state index is -1.35. The van der Waals surface area contributed by atoms with E-state index < -0.39 is 11.5 Å². The molecule has 1 rings (SSSR count). The topological polar surface area (TPSA) is 66.6 Å². The first-order valence-corrected chi connectivity index (χ1v) is 5.92. The van der Waals surface area contributed by atoms with Crippen LogP contribution in [0.2, 0.25) is 0 Å². The molecule has 1 aromatic carbocycles. The van der Waals surface area contributed by atoms with Gasteiger partial charge in [-0.25, -0.2) is 4.79 Å². The van der Waals surface area contributed by atoms with Crippen molar-refractivity contribution in [1.29, 1.82) is 0 Å². The van der Waals surface area contributed by atoms with Gasteiger partial charge in [0.2, 0.25) is 0 Å². The zero-order valence-corrected chi connectivity index (χ0v) is 10.9. The Morgan fingerprint density at radius 3 is 2.44 bits per heavy atom. The highest BCUT2D eigenvalue weighted by Crippen LogP contribution is 2.22. The normalized spacial score (nSPS) is 13.7. The summed E-state index contributed by atoms with van der Waals surface area (Å²) in [5, 5.41) is 9.05. The molecule has 1 aromatic rings.